The van der Waals surface area contributed by atoms with Gasteiger partial charge in [-0.3, -0.25) is 24.1 Å². The molecule has 2 aromatic carbocycles. The number of likely N-dealkylation sites (tertiary alicyclic amines) is 1. The van der Waals surface area contributed by atoms with Crippen LogP contribution in [0.1, 0.15) is 61.0 Å². The molecule has 3 N–H and O–H groups in total. The predicted octanol–water partition coefficient (Wildman–Crippen LogP) is 2.47. The van der Waals surface area contributed by atoms with Crippen LogP contribution in [0.3, 0.4) is 0 Å². The lowest BCUT2D eigenvalue weighted by Gasteiger charge is -2.28. The average molecular weight is 578 g/mol. The minimum atomic E-state index is -1.16. The van der Waals surface area contributed by atoms with Gasteiger partial charge in [0.15, 0.2) is 0 Å². The summed E-state index contributed by atoms with van der Waals surface area (Å²) in [5.74, 6) is -1.62. The number of hydrogen-bond donors (Lipinski definition) is 3. The van der Waals surface area contributed by atoms with Crippen molar-refractivity contribution in [2.75, 3.05) is 33.3 Å². The number of rotatable bonds is 6. The highest BCUT2D eigenvalue weighted by Crippen LogP contribution is 2.19. The number of piperidine rings is 1. The maximum absolute atomic E-state index is 13.4. The standard InChI is InChI=1S/C32H43N5O5/c1-22(2)29-32(41)36(3)17-18-42-27-10-6-5-9-25(27)30(39)34-26(19-28(38)35-29)31(40)33-20-23-11-13-24(14-12-23)21-37-15-7-4-8-16-37/h5-6,9-14,22,26,29H,4,7-8,15-21H2,1-3H3,(H,33,40)(H,34,39)(H,35,38)/t26-,29-/m0/s1. The third kappa shape index (κ3) is 8.55. The van der Waals surface area contributed by atoms with Crippen molar-refractivity contribution in [1.29, 1.82) is 0 Å². The number of para-hydroxylation sites is 1. The van der Waals surface area contributed by atoms with Gasteiger partial charge in [-0.05, 0) is 55.1 Å². The molecule has 4 rings (SSSR count). The Morgan fingerprint density at radius 1 is 0.952 bits per heavy atom. The van der Waals surface area contributed by atoms with E-state index in [0.29, 0.717) is 5.75 Å². The SMILES string of the molecule is CC(C)[C@@H]1NC(=O)C[C@@H](C(=O)NCc2ccc(CN3CCCCC3)cc2)NC(=O)c2ccccc2OCCN(C)C1=O. The van der Waals surface area contributed by atoms with Crippen LogP contribution in [-0.2, 0) is 27.5 Å². The molecule has 10 nitrogen and oxygen atoms in total. The number of nitrogens with zero attached hydrogens (tertiary/aromatic N) is 2. The molecule has 0 saturated carbocycles. The van der Waals surface area contributed by atoms with E-state index in [2.05, 4.69) is 33.0 Å². The summed E-state index contributed by atoms with van der Waals surface area (Å²) < 4.78 is 5.85. The first-order valence-corrected chi connectivity index (χ1v) is 14.9. The van der Waals surface area contributed by atoms with Crippen LogP contribution < -0.4 is 20.7 Å². The van der Waals surface area contributed by atoms with Gasteiger partial charge in [0.1, 0.15) is 24.4 Å². The van der Waals surface area contributed by atoms with Gasteiger partial charge >= 0.3 is 0 Å². The number of carbonyl (C=O) groups is 4. The fraction of sp³-hybridized carbons (Fsp3) is 0.500. The molecule has 4 amide bonds. The van der Waals surface area contributed by atoms with E-state index in [1.54, 1.807) is 31.3 Å². The first kappa shape index (κ1) is 31.0. The number of ether oxygens (including phenoxy) is 1. The monoisotopic (exact) mass is 577 g/mol. The van der Waals surface area contributed by atoms with E-state index in [4.69, 9.17) is 4.74 Å². The van der Waals surface area contributed by atoms with E-state index in [1.165, 1.54) is 29.7 Å². The molecule has 10 heteroatoms. The number of carbonyl (C=O) groups excluding carboxylic acids is 4. The zero-order valence-corrected chi connectivity index (χ0v) is 24.9. The second-order valence-corrected chi connectivity index (χ2v) is 11.5. The molecule has 0 aliphatic carbocycles. The van der Waals surface area contributed by atoms with E-state index in [1.807, 2.05) is 26.0 Å². The van der Waals surface area contributed by atoms with Gasteiger partial charge < -0.3 is 25.6 Å². The molecule has 2 aromatic rings. The Hall–Kier alpha value is -3.92. The summed E-state index contributed by atoms with van der Waals surface area (Å²) in [7, 11) is 1.65. The van der Waals surface area contributed by atoms with Gasteiger partial charge in [-0.25, -0.2) is 0 Å². The van der Waals surface area contributed by atoms with Crippen LogP contribution in [-0.4, -0.2) is 78.8 Å². The molecular weight excluding hydrogens is 534 g/mol. The smallest absolute Gasteiger partial charge is 0.255 e. The Morgan fingerprint density at radius 3 is 2.36 bits per heavy atom. The quantitative estimate of drug-likeness (QED) is 0.485. The Kier molecular flexibility index (Phi) is 10.9. The van der Waals surface area contributed by atoms with Gasteiger partial charge in [0.2, 0.25) is 17.7 Å². The van der Waals surface area contributed by atoms with E-state index >= 15 is 0 Å². The van der Waals surface area contributed by atoms with Crippen LogP contribution in [0, 0.1) is 5.92 Å². The van der Waals surface area contributed by atoms with Crippen LogP contribution in [0.4, 0.5) is 0 Å². The molecule has 2 heterocycles. The molecule has 0 radical (unpaired) electrons. The van der Waals surface area contributed by atoms with Crippen molar-refractivity contribution in [3.8, 4) is 5.75 Å². The second-order valence-electron chi connectivity index (χ2n) is 11.5. The van der Waals surface area contributed by atoms with Gasteiger partial charge in [-0.1, -0.05) is 56.7 Å². The normalized spacial score (nSPS) is 21.0. The molecule has 1 fully saturated rings. The van der Waals surface area contributed by atoms with Crippen molar-refractivity contribution in [3.63, 3.8) is 0 Å². The molecule has 2 aliphatic heterocycles. The molecule has 226 valence electrons. The summed E-state index contributed by atoms with van der Waals surface area (Å²) in [6.07, 6.45) is 3.45. The van der Waals surface area contributed by atoms with Crippen LogP contribution in [0.15, 0.2) is 48.5 Å². The van der Waals surface area contributed by atoms with Crippen molar-refractivity contribution in [2.24, 2.45) is 5.92 Å². The van der Waals surface area contributed by atoms with E-state index in [0.717, 1.165) is 25.2 Å². The molecule has 0 aromatic heterocycles. The third-order valence-corrected chi connectivity index (χ3v) is 7.80. The molecule has 0 bridgehead atoms. The highest BCUT2D eigenvalue weighted by atomic mass is 16.5. The van der Waals surface area contributed by atoms with Gasteiger partial charge in [-0.15, -0.1) is 0 Å². The number of benzene rings is 2. The van der Waals surface area contributed by atoms with Crippen LogP contribution >= 0.6 is 0 Å². The van der Waals surface area contributed by atoms with E-state index < -0.39 is 29.8 Å². The zero-order chi connectivity index (χ0) is 30.1. The highest BCUT2D eigenvalue weighted by Gasteiger charge is 2.31. The predicted molar refractivity (Wildman–Crippen MR) is 160 cm³/mol. The van der Waals surface area contributed by atoms with Crippen molar-refractivity contribution < 1.29 is 23.9 Å². The van der Waals surface area contributed by atoms with Crippen molar-refractivity contribution in [1.82, 2.24) is 25.8 Å². The van der Waals surface area contributed by atoms with Crippen LogP contribution in [0.5, 0.6) is 5.75 Å². The summed E-state index contributed by atoms with van der Waals surface area (Å²) in [6, 6.07) is 12.9. The van der Waals surface area contributed by atoms with E-state index in [9.17, 15) is 19.2 Å². The van der Waals surface area contributed by atoms with Gasteiger partial charge in [0.25, 0.3) is 5.91 Å². The van der Waals surface area contributed by atoms with Crippen LogP contribution in [0.25, 0.3) is 0 Å². The number of amides is 4. The lowest BCUT2D eigenvalue weighted by molar-refractivity contribution is -0.137. The van der Waals surface area contributed by atoms with E-state index in [-0.39, 0.29) is 43.5 Å². The fourth-order valence-corrected chi connectivity index (χ4v) is 5.25. The molecule has 0 unspecified atom stereocenters. The third-order valence-electron chi connectivity index (χ3n) is 7.80. The molecule has 42 heavy (non-hydrogen) atoms. The van der Waals surface area contributed by atoms with Crippen LogP contribution in [0.2, 0.25) is 0 Å². The minimum absolute atomic E-state index is 0.159. The van der Waals surface area contributed by atoms with Gasteiger partial charge in [0.05, 0.1) is 18.5 Å². The fourth-order valence-electron chi connectivity index (χ4n) is 5.25. The first-order valence-electron chi connectivity index (χ1n) is 14.9. The topological polar surface area (TPSA) is 120 Å². The molecule has 2 aliphatic rings. The Bertz CT molecular complexity index is 1240. The average Bonchev–Trinajstić information content (AvgIpc) is 2.98. The molecule has 0 spiro atoms. The van der Waals surface area contributed by atoms with Crippen molar-refractivity contribution >= 4 is 23.6 Å². The number of fused-ring (bicyclic) bond motifs is 1. The zero-order valence-electron chi connectivity index (χ0n) is 24.9. The second kappa shape index (κ2) is 14.8. The molecule has 2 atom stereocenters. The van der Waals surface area contributed by atoms with Gasteiger partial charge in [-0.2, -0.15) is 0 Å². The molecule has 1 saturated heterocycles. The summed E-state index contributed by atoms with van der Waals surface area (Å²) in [5.41, 5.74) is 2.38. The Labute approximate surface area is 248 Å². The molecular formula is C32H43N5O5. The highest BCUT2D eigenvalue weighted by molar-refractivity contribution is 6.01. The lowest BCUT2D eigenvalue weighted by atomic mass is 10.0. The number of hydrogen-bond acceptors (Lipinski definition) is 6. The number of likely N-dealkylation sites (N-methyl/N-ethyl adjacent to an activating group) is 1. The largest absolute Gasteiger partial charge is 0.491 e. The Morgan fingerprint density at radius 2 is 1.64 bits per heavy atom. The summed E-state index contributed by atoms with van der Waals surface area (Å²) in [5, 5.41) is 8.36. The summed E-state index contributed by atoms with van der Waals surface area (Å²) >= 11 is 0. The Balaban J connectivity index is 1.47. The van der Waals surface area contributed by atoms with Crippen molar-refractivity contribution in [3.05, 3.63) is 65.2 Å². The lowest BCUT2D eigenvalue weighted by Crippen LogP contribution is -2.54. The minimum Gasteiger partial charge on any atom is -0.491 e. The van der Waals surface area contributed by atoms with Gasteiger partial charge in [0, 0.05) is 20.1 Å². The summed E-state index contributed by atoms with van der Waals surface area (Å²) in [4.78, 5) is 56.8. The maximum atomic E-state index is 13.4. The number of nitrogens with one attached hydrogen (secondary N) is 3. The van der Waals surface area contributed by atoms with Crippen molar-refractivity contribution in [2.45, 2.75) is 64.7 Å². The maximum Gasteiger partial charge on any atom is 0.255 e. The summed E-state index contributed by atoms with van der Waals surface area (Å²) in [6.45, 7) is 7.53. The first-order chi connectivity index (χ1) is 20.2.